The molecule has 7 rings (SSSR count). The maximum Gasteiger partial charge on any atom is 0.469 e. The minimum atomic E-state index is -0.666. The molecule has 10 heteroatoms. The SMILES string of the molecule is C=CC[C@H](B1OC2C[C@@H]3C[C@@H](C3(C)C)[C@@]2(C)O1)C(=O)[C@@H]1CCc2c(Cl)nc(NCc3ccc(OC)cc3)c(=O)n21. The van der Waals surface area contributed by atoms with Crippen LogP contribution >= 0.6 is 11.6 Å². The summed E-state index contributed by atoms with van der Waals surface area (Å²) in [4.78, 5) is 32.2. The number of hydrogen-bond donors (Lipinski definition) is 1. The van der Waals surface area contributed by atoms with Crippen LogP contribution in [0.5, 0.6) is 5.75 Å². The Morgan fingerprint density at radius 1 is 1.32 bits per heavy atom. The van der Waals surface area contributed by atoms with Crippen molar-refractivity contribution in [1.29, 1.82) is 0 Å². The summed E-state index contributed by atoms with van der Waals surface area (Å²) in [6, 6.07) is 6.87. The number of nitrogens with one attached hydrogen (secondary N) is 1. The van der Waals surface area contributed by atoms with Crippen LogP contribution in [0.2, 0.25) is 11.0 Å². The zero-order valence-corrected chi connectivity index (χ0v) is 24.4. The molecule has 1 saturated heterocycles. The van der Waals surface area contributed by atoms with E-state index in [0.717, 1.165) is 24.2 Å². The summed E-state index contributed by atoms with van der Waals surface area (Å²) in [5.41, 5.74) is 0.983. The molecule has 1 aromatic heterocycles. The third-order valence-corrected chi connectivity index (χ3v) is 10.5. The molecular weight excluding hydrogens is 529 g/mol. The molecule has 5 aliphatic rings. The number of carbonyl (C=O) groups is 1. The van der Waals surface area contributed by atoms with Gasteiger partial charge in [0.15, 0.2) is 16.8 Å². The number of anilines is 1. The second-order valence-electron chi connectivity index (χ2n) is 12.5. The van der Waals surface area contributed by atoms with Crippen molar-refractivity contribution in [2.75, 3.05) is 12.4 Å². The maximum atomic E-state index is 14.2. The Hall–Kier alpha value is -2.62. The van der Waals surface area contributed by atoms with Gasteiger partial charge in [0.25, 0.3) is 5.56 Å². The van der Waals surface area contributed by atoms with Gasteiger partial charge in [0.2, 0.25) is 0 Å². The largest absolute Gasteiger partial charge is 0.497 e. The van der Waals surface area contributed by atoms with E-state index < -0.39 is 24.6 Å². The number of rotatable bonds is 9. The third kappa shape index (κ3) is 4.24. The van der Waals surface area contributed by atoms with Crippen LogP contribution in [-0.2, 0) is 27.1 Å². The summed E-state index contributed by atoms with van der Waals surface area (Å²) in [6.07, 6.45) is 5.19. The summed E-state index contributed by atoms with van der Waals surface area (Å²) in [6.45, 7) is 11.1. The van der Waals surface area contributed by atoms with Gasteiger partial charge in [-0.3, -0.25) is 14.2 Å². The molecule has 1 unspecified atom stereocenters. The number of aromatic nitrogens is 2. The minimum absolute atomic E-state index is 0.0274. The molecule has 0 radical (unpaired) electrons. The van der Waals surface area contributed by atoms with Crippen LogP contribution in [0.25, 0.3) is 0 Å². The molecule has 4 fully saturated rings. The molecule has 0 amide bonds. The van der Waals surface area contributed by atoms with Gasteiger partial charge >= 0.3 is 7.12 Å². The lowest BCUT2D eigenvalue weighted by Crippen LogP contribution is -2.65. The summed E-state index contributed by atoms with van der Waals surface area (Å²) in [5.74, 6) is 1.24. The summed E-state index contributed by atoms with van der Waals surface area (Å²) >= 11 is 6.55. The minimum Gasteiger partial charge on any atom is -0.497 e. The number of benzene rings is 1. The summed E-state index contributed by atoms with van der Waals surface area (Å²) in [7, 11) is 0.948. The first-order chi connectivity index (χ1) is 19.1. The average Bonchev–Trinajstić information content (AvgIpc) is 3.54. The van der Waals surface area contributed by atoms with Crippen LogP contribution in [0.15, 0.2) is 41.7 Å². The molecule has 3 heterocycles. The molecule has 0 spiro atoms. The second kappa shape index (κ2) is 10.0. The number of halogens is 1. The first-order valence-electron chi connectivity index (χ1n) is 14.2. The van der Waals surface area contributed by atoms with Crippen molar-refractivity contribution < 1.29 is 18.8 Å². The standard InChI is InChI=1S/C30H37BClN3O5/c1-6-7-20(31-39-24-15-18-14-23(29(18,2)3)30(24,4)40-31)25(36)21-12-13-22-26(32)34-27(28(37)35(21)22)33-16-17-8-10-19(38-5)11-9-17/h6,8-11,18,20-21,23-24H,1,7,12-16H2,2-5H3,(H,33,34)/t18-,20-,21-,23-,24?,30+/m0/s1. The molecule has 2 aliphatic heterocycles. The molecule has 40 heavy (non-hydrogen) atoms. The van der Waals surface area contributed by atoms with Gasteiger partial charge in [-0.1, -0.05) is 43.7 Å². The van der Waals surface area contributed by atoms with Crippen LogP contribution in [0, 0.1) is 17.3 Å². The van der Waals surface area contributed by atoms with Crippen molar-refractivity contribution in [3.63, 3.8) is 0 Å². The Bertz CT molecular complexity index is 1390. The van der Waals surface area contributed by atoms with E-state index in [2.05, 4.69) is 37.7 Å². The van der Waals surface area contributed by atoms with E-state index in [9.17, 15) is 9.59 Å². The number of carbonyl (C=O) groups excluding carboxylic acids is 1. The van der Waals surface area contributed by atoms with Gasteiger partial charge < -0.3 is 19.4 Å². The lowest BCUT2D eigenvalue weighted by atomic mass is 9.43. The van der Waals surface area contributed by atoms with Crippen LogP contribution in [0.4, 0.5) is 5.82 Å². The van der Waals surface area contributed by atoms with Gasteiger partial charge in [-0.25, -0.2) is 4.98 Å². The van der Waals surface area contributed by atoms with E-state index in [1.807, 2.05) is 24.3 Å². The Labute approximate surface area is 240 Å². The predicted octanol–water partition coefficient (Wildman–Crippen LogP) is 5.25. The fraction of sp³-hybridized carbons (Fsp3) is 0.567. The summed E-state index contributed by atoms with van der Waals surface area (Å²) in [5, 5.41) is 3.35. The average molecular weight is 566 g/mol. The van der Waals surface area contributed by atoms with E-state index in [-0.39, 0.29) is 33.8 Å². The number of nitrogens with zero attached hydrogens (tertiary/aromatic N) is 2. The fourth-order valence-corrected chi connectivity index (χ4v) is 7.95. The number of fused-ring (bicyclic) bond motifs is 1. The van der Waals surface area contributed by atoms with Gasteiger partial charge in [0.05, 0.1) is 36.4 Å². The highest BCUT2D eigenvalue weighted by Crippen LogP contribution is 2.66. The molecule has 3 aliphatic carbocycles. The molecule has 2 bridgehead atoms. The topological polar surface area (TPSA) is 91.7 Å². The Balaban J connectivity index is 1.24. The van der Waals surface area contributed by atoms with Crippen LogP contribution in [0.3, 0.4) is 0 Å². The number of methoxy groups -OCH3 is 1. The van der Waals surface area contributed by atoms with Gasteiger partial charge in [-0.2, -0.15) is 0 Å². The van der Waals surface area contributed by atoms with E-state index in [0.29, 0.717) is 43.3 Å². The lowest BCUT2D eigenvalue weighted by Gasteiger charge is -2.64. The predicted molar refractivity (Wildman–Crippen MR) is 155 cm³/mol. The van der Waals surface area contributed by atoms with E-state index in [4.69, 9.17) is 25.6 Å². The molecule has 1 aromatic carbocycles. The zero-order chi connectivity index (χ0) is 28.4. The van der Waals surface area contributed by atoms with Crippen molar-refractivity contribution in [2.45, 2.75) is 83.0 Å². The van der Waals surface area contributed by atoms with Crippen LogP contribution in [-0.4, -0.2) is 41.3 Å². The maximum absolute atomic E-state index is 14.2. The first-order valence-corrected chi connectivity index (χ1v) is 14.6. The summed E-state index contributed by atoms with van der Waals surface area (Å²) < 4.78 is 19.9. The van der Waals surface area contributed by atoms with Crippen molar-refractivity contribution >= 4 is 30.3 Å². The number of allylic oxidation sites excluding steroid dienone is 1. The third-order valence-electron chi connectivity index (χ3n) is 10.2. The molecular formula is C30H37BClN3O5. The monoisotopic (exact) mass is 565 g/mol. The second-order valence-corrected chi connectivity index (χ2v) is 12.9. The van der Waals surface area contributed by atoms with Gasteiger partial charge in [-0.05, 0) is 74.0 Å². The first kappa shape index (κ1) is 27.5. The normalized spacial score (nSPS) is 30.2. The molecule has 6 atom stereocenters. The highest BCUT2D eigenvalue weighted by Gasteiger charge is 2.68. The molecule has 212 valence electrons. The molecule has 2 aromatic rings. The Morgan fingerprint density at radius 3 is 2.75 bits per heavy atom. The fourth-order valence-electron chi connectivity index (χ4n) is 7.68. The number of hydrogen-bond acceptors (Lipinski definition) is 7. The quantitative estimate of drug-likeness (QED) is 0.328. The van der Waals surface area contributed by atoms with Gasteiger partial charge in [0.1, 0.15) is 5.75 Å². The molecule has 3 saturated carbocycles. The van der Waals surface area contributed by atoms with E-state index in [1.54, 1.807) is 13.2 Å². The van der Waals surface area contributed by atoms with Crippen molar-refractivity contribution in [3.05, 3.63) is 63.7 Å². The highest BCUT2D eigenvalue weighted by atomic mass is 35.5. The van der Waals surface area contributed by atoms with Crippen molar-refractivity contribution in [1.82, 2.24) is 9.55 Å². The Kier molecular flexibility index (Phi) is 6.91. The molecule has 1 N–H and O–H groups in total. The number of Topliss-reactive ketones (excluding diaryl/α,β-unsaturated/α-hetero) is 1. The van der Waals surface area contributed by atoms with Gasteiger partial charge in [-0.15, -0.1) is 6.58 Å². The van der Waals surface area contributed by atoms with Crippen LogP contribution < -0.4 is 15.6 Å². The number of ether oxygens (including phenoxy) is 1. The lowest BCUT2D eigenvalue weighted by molar-refractivity contribution is -0.199. The smallest absolute Gasteiger partial charge is 0.469 e. The van der Waals surface area contributed by atoms with Gasteiger partial charge in [0, 0.05) is 6.54 Å². The van der Waals surface area contributed by atoms with E-state index >= 15 is 0 Å². The molecule has 8 nitrogen and oxygen atoms in total. The number of ketones is 1. The van der Waals surface area contributed by atoms with Crippen molar-refractivity contribution in [2.24, 2.45) is 17.3 Å². The zero-order valence-electron chi connectivity index (χ0n) is 23.6. The Morgan fingerprint density at radius 2 is 2.08 bits per heavy atom. The highest BCUT2D eigenvalue weighted by molar-refractivity contribution is 6.53. The van der Waals surface area contributed by atoms with Crippen molar-refractivity contribution in [3.8, 4) is 5.75 Å². The van der Waals surface area contributed by atoms with Crippen LogP contribution in [0.1, 0.15) is 63.8 Å². The van der Waals surface area contributed by atoms with E-state index in [1.165, 1.54) is 4.57 Å².